The number of nitrogens with zero attached hydrogens (tertiary/aromatic N) is 1. The predicted molar refractivity (Wildman–Crippen MR) is 103 cm³/mol. The molecule has 0 bridgehead atoms. The zero-order valence-corrected chi connectivity index (χ0v) is 15.6. The molecule has 0 atom stereocenters. The molecule has 0 aromatic heterocycles. The van der Waals surface area contributed by atoms with Crippen LogP contribution >= 0.6 is 0 Å². The van der Waals surface area contributed by atoms with Crippen LogP contribution in [-0.2, 0) is 12.8 Å². The third-order valence-corrected chi connectivity index (χ3v) is 4.72. The molecule has 0 spiro atoms. The lowest BCUT2D eigenvalue weighted by Gasteiger charge is -2.17. The van der Waals surface area contributed by atoms with Crippen molar-refractivity contribution in [2.24, 2.45) is 0 Å². The molecule has 2 aromatic carbocycles. The summed E-state index contributed by atoms with van der Waals surface area (Å²) in [7, 11) is 1.72. The van der Waals surface area contributed by atoms with Gasteiger partial charge in [0.05, 0.1) is 7.11 Å². The van der Waals surface area contributed by atoms with Gasteiger partial charge >= 0.3 is 0 Å². The van der Waals surface area contributed by atoms with Crippen LogP contribution in [0.5, 0.6) is 5.75 Å². The topological polar surface area (TPSA) is 12.5 Å². The van der Waals surface area contributed by atoms with Crippen molar-refractivity contribution in [3.05, 3.63) is 64.7 Å². The van der Waals surface area contributed by atoms with Crippen LogP contribution in [0.1, 0.15) is 42.5 Å². The van der Waals surface area contributed by atoms with E-state index >= 15 is 0 Å². The summed E-state index contributed by atoms with van der Waals surface area (Å²) in [6.07, 6.45) is 3.38. The van der Waals surface area contributed by atoms with Crippen LogP contribution in [0.15, 0.2) is 42.5 Å². The van der Waals surface area contributed by atoms with Gasteiger partial charge in [0.15, 0.2) is 0 Å². The number of benzene rings is 2. The largest absolute Gasteiger partial charge is 0.496 e. The molecule has 2 aromatic rings. The highest BCUT2D eigenvalue weighted by molar-refractivity contribution is 5.38. The summed E-state index contributed by atoms with van der Waals surface area (Å²) in [6, 6.07) is 15.5. The molecule has 0 amide bonds. The molecule has 0 saturated heterocycles. The number of ether oxygens (including phenoxy) is 1. The number of aryl methyl sites for hydroxylation is 2. The van der Waals surface area contributed by atoms with Gasteiger partial charge in [-0.05, 0) is 74.1 Å². The summed E-state index contributed by atoms with van der Waals surface area (Å²) in [4.78, 5) is 2.49. The van der Waals surface area contributed by atoms with E-state index in [2.05, 4.69) is 68.1 Å². The second-order valence-electron chi connectivity index (χ2n) is 6.43. The summed E-state index contributed by atoms with van der Waals surface area (Å²) < 4.78 is 5.33. The molecular weight excluding hydrogens is 294 g/mol. The molecule has 0 unspecified atom stereocenters. The third-order valence-electron chi connectivity index (χ3n) is 4.72. The quantitative estimate of drug-likeness (QED) is 0.652. The molecular formula is C22H31NO. The van der Waals surface area contributed by atoms with E-state index in [-0.39, 0.29) is 0 Å². The lowest BCUT2D eigenvalue weighted by molar-refractivity contribution is 0.300. The van der Waals surface area contributed by atoms with Gasteiger partial charge in [-0.25, -0.2) is 0 Å². The van der Waals surface area contributed by atoms with E-state index in [0.717, 1.165) is 25.3 Å². The standard InChI is InChI=1S/C22H31NO/c1-5-23(6-2)15-7-8-19-9-11-20(12-10-19)17-21-13-14-22(24-4)18(3)16-21/h9-14,16H,5-8,15,17H2,1-4H3. The maximum absolute atomic E-state index is 5.33. The van der Waals surface area contributed by atoms with Gasteiger partial charge < -0.3 is 9.64 Å². The van der Waals surface area contributed by atoms with Crippen LogP contribution in [0.25, 0.3) is 0 Å². The summed E-state index contributed by atoms with van der Waals surface area (Å²) in [5.41, 5.74) is 5.34. The van der Waals surface area contributed by atoms with Crippen LogP contribution in [-0.4, -0.2) is 31.6 Å². The van der Waals surface area contributed by atoms with E-state index in [9.17, 15) is 0 Å². The molecule has 0 saturated carbocycles. The summed E-state index contributed by atoms with van der Waals surface area (Å²) in [6.45, 7) is 10.1. The van der Waals surface area contributed by atoms with Crippen LogP contribution in [0, 0.1) is 6.92 Å². The maximum Gasteiger partial charge on any atom is 0.121 e. The van der Waals surface area contributed by atoms with E-state index in [4.69, 9.17) is 4.74 Å². The number of hydrogen-bond acceptors (Lipinski definition) is 2. The fourth-order valence-electron chi connectivity index (χ4n) is 3.16. The Hall–Kier alpha value is -1.80. The molecule has 0 aliphatic rings. The molecule has 0 heterocycles. The van der Waals surface area contributed by atoms with Gasteiger partial charge in [0.25, 0.3) is 0 Å². The van der Waals surface area contributed by atoms with E-state index < -0.39 is 0 Å². The van der Waals surface area contributed by atoms with E-state index in [1.54, 1.807) is 7.11 Å². The maximum atomic E-state index is 5.33. The molecule has 0 aliphatic heterocycles. The second-order valence-corrected chi connectivity index (χ2v) is 6.43. The van der Waals surface area contributed by atoms with Crippen molar-refractivity contribution in [2.45, 2.75) is 40.0 Å². The Kier molecular flexibility index (Phi) is 7.33. The average Bonchev–Trinajstić information content (AvgIpc) is 2.60. The Balaban J connectivity index is 1.89. The van der Waals surface area contributed by atoms with Crippen LogP contribution < -0.4 is 4.74 Å². The first kappa shape index (κ1) is 18.5. The second kappa shape index (κ2) is 9.48. The summed E-state index contributed by atoms with van der Waals surface area (Å²) >= 11 is 0. The first-order valence-electron chi connectivity index (χ1n) is 9.10. The Bertz CT molecular complexity index is 614. The SMILES string of the molecule is CCN(CC)CCCc1ccc(Cc2ccc(OC)c(C)c2)cc1. The smallest absolute Gasteiger partial charge is 0.121 e. The van der Waals surface area contributed by atoms with Crippen molar-refractivity contribution in [1.29, 1.82) is 0 Å². The monoisotopic (exact) mass is 325 g/mol. The van der Waals surface area contributed by atoms with E-state index in [0.29, 0.717) is 0 Å². The molecule has 2 heteroatoms. The normalized spacial score (nSPS) is 11.0. The fraction of sp³-hybridized carbons (Fsp3) is 0.455. The van der Waals surface area contributed by atoms with Gasteiger partial charge in [-0.15, -0.1) is 0 Å². The van der Waals surface area contributed by atoms with Crippen molar-refractivity contribution in [1.82, 2.24) is 4.90 Å². The molecule has 0 radical (unpaired) electrons. The average molecular weight is 325 g/mol. The van der Waals surface area contributed by atoms with Crippen molar-refractivity contribution in [2.75, 3.05) is 26.7 Å². The highest BCUT2D eigenvalue weighted by Gasteiger charge is 2.03. The first-order chi connectivity index (χ1) is 11.7. The summed E-state index contributed by atoms with van der Waals surface area (Å²) in [5, 5.41) is 0. The van der Waals surface area contributed by atoms with E-state index in [1.165, 1.54) is 41.6 Å². The number of hydrogen-bond donors (Lipinski definition) is 0. The lowest BCUT2D eigenvalue weighted by Crippen LogP contribution is -2.24. The van der Waals surface area contributed by atoms with Gasteiger partial charge in [-0.2, -0.15) is 0 Å². The Morgan fingerprint density at radius 2 is 1.50 bits per heavy atom. The minimum Gasteiger partial charge on any atom is -0.496 e. The molecule has 2 rings (SSSR count). The molecule has 0 fully saturated rings. The first-order valence-corrected chi connectivity index (χ1v) is 9.10. The summed E-state index contributed by atoms with van der Waals surface area (Å²) in [5.74, 6) is 0.960. The molecule has 130 valence electrons. The molecule has 0 N–H and O–H groups in total. The highest BCUT2D eigenvalue weighted by atomic mass is 16.5. The van der Waals surface area contributed by atoms with Gasteiger partial charge in [-0.1, -0.05) is 50.2 Å². The van der Waals surface area contributed by atoms with Gasteiger partial charge in [0.2, 0.25) is 0 Å². The number of rotatable bonds is 9. The Labute approximate surface area is 147 Å². The number of methoxy groups -OCH3 is 1. The predicted octanol–water partition coefficient (Wildman–Crippen LogP) is 4.87. The molecule has 2 nitrogen and oxygen atoms in total. The van der Waals surface area contributed by atoms with Crippen LogP contribution in [0.3, 0.4) is 0 Å². The minimum atomic E-state index is 0.960. The highest BCUT2D eigenvalue weighted by Crippen LogP contribution is 2.20. The van der Waals surface area contributed by atoms with Crippen molar-refractivity contribution in [3.63, 3.8) is 0 Å². The van der Waals surface area contributed by atoms with Crippen molar-refractivity contribution < 1.29 is 4.74 Å². The zero-order valence-electron chi connectivity index (χ0n) is 15.6. The lowest BCUT2D eigenvalue weighted by atomic mass is 10.0. The Morgan fingerprint density at radius 1 is 0.875 bits per heavy atom. The van der Waals surface area contributed by atoms with Gasteiger partial charge in [0, 0.05) is 0 Å². The molecule has 0 aliphatic carbocycles. The minimum absolute atomic E-state index is 0.960. The van der Waals surface area contributed by atoms with E-state index in [1.807, 2.05) is 0 Å². The molecule has 24 heavy (non-hydrogen) atoms. The van der Waals surface area contributed by atoms with Gasteiger partial charge in [-0.3, -0.25) is 0 Å². The van der Waals surface area contributed by atoms with Crippen LogP contribution in [0.2, 0.25) is 0 Å². The third kappa shape index (κ3) is 5.38. The Morgan fingerprint density at radius 3 is 2.08 bits per heavy atom. The zero-order chi connectivity index (χ0) is 17.4. The van der Waals surface area contributed by atoms with Gasteiger partial charge in [0.1, 0.15) is 5.75 Å². The fourth-order valence-corrected chi connectivity index (χ4v) is 3.16. The van der Waals surface area contributed by atoms with Crippen LogP contribution in [0.4, 0.5) is 0 Å². The van der Waals surface area contributed by atoms with Crippen molar-refractivity contribution in [3.8, 4) is 5.75 Å². The van der Waals surface area contributed by atoms with Crippen molar-refractivity contribution >= 4 is 0 Å².